The Bertz CT molecular complexity index is 913. The number of hydrogen-bond donors (Lipinski definition) is 1. The van der Waals surface area contributed by atoms with Gasteiger partial charge in [-0.2, -0.15) is 0 Å². The van der Waals surface area contributed by atoms with Crippen molar-refractivity contribution in [2.24, 2.45) is 0 Å². The first-order valence-electron chi connectivity index (χ1n) is 9.83. The molecule has 0 atom stereocenters. The van der Waals surface area contributed by atoms with E-state index in [1.807, 2.05) is 43.3 Å². The minimum atomic E-state index is -3.57. The minimum absolute atomic E-state index is 0.236. The lowest BCUT2D eigenvalue weighted by atomic mass is 10.1. The molecule has 0 aliphatic carbocycles. The molecule has 0 fully saturated rings. The topological polar surface area (TPSA) is 75.7 Å². The van der Waals surface area contributed by atoms with Crippen molar-refractivity contribution in [2.75, 3.05) is 30.3 Å². The molecular formula is C22H30N2O4S. The summed E-state index contributed by atoms with van der Waals surface area (Å²) in [5, 5.41) is 2.82. The fraction of sp³-hybridized carbons (Fsp3) is 0.409. The van der Waals surface area contributed by atoms with Gasteiger partial charge in [0, 0.05) is 6.54 Å². The van der Waals surface area contributed by atoms with Crippen molar-refractivity contribution >= 4 is 21.6 Å². The Labute approximate surface area is 173 Å². The third-order valence-corrected chi connectivity index (χ3v) is 5.58. The number of carbonyl (C=O) groups excluding carboxylic acids is 1. The molecule has 2 aromatic carbocycles. The van der Waals surface area contributed by atoms with Crippen LogP contribution in [0.25, 0.3) is 0 Å². The Balaban J connectivity index is 1.90. The SMILES string of the molecule is CCCOc1ccccc1CCCNC(=O)CN(c1ccccc1C)S(C)(=O)=O. The molecule has 0 aromatic heterocycles. The molecule has 0 spiro atoms. The fourth-order valence-electron chi connectivity index (χ4n) is 2.98. The molecule has 0 saturated heterocycles. The van der Waals surface area contributed by atoms with Gasteiger partial charge in [0.15, 0.2) is 0 Å². The van der Waals surface area contributed by atoms with E-state index in [-0.39, 0.29) is 12.5 Å². The van der Waals surface area contributed by atoms with E-state index in [0.29, 0.717) is 18.8 Å². The molecule has 6 nitrogen and oxygen atoms in total. The second-order valence-corrected chi connectivity index (χ2v) is 8.87. The Kier molecular flexibility index (Phi) is 8.51. The van der Waals surface area contributed by atoms with Gasteiger partial charge < -0.3 is 10.1 Å². The largest absolute Gasteiger partial charge is 0.493 e. The number of carbonyl (C=O) groups is 1. The van der Waals surface area contributed by atoms with Gasteiger partial charge in [-0.3, -0.25) is 9.10 Å². The van der Waals surface area contributed by atoms with E-state index in [1.165, 1.54) is 0 Å². The van der Waals surface area contributed by atoms with Crippen LogP contribution in [0, 0.1) is 6.92 Å². The van der Waals surface area contributed by atoms with E-state index >= 15 is 0 Å². The molecule has 0 saturated carbocycles. The number of aryl methyl sites for hydroxylation is 2. The summed E-state index contributed by atoms with van der Waals surface area (Å²) in [7, 11) is -3.57. The Morgan fingerprint density at radius 3 is 2.48 bits per heavy atom. The molecule has 0 unspecified atom stereocenters. The lowest BCUT2D eigenvalue weighted by Gasteiger charge is -2.23. The van der Waals surface area contributed by atoms with Gasteiger partial charge in [0.05, 0.1) is 18.6 Å². The number of amides is 1. The number of benzene rings is 2. The van der Waals surface area contributed by atoms with Crippen molar-refractivity contribution in [3.63, 3.8) is 0 Å². The van der Waals surface area contributed by atoms with Crippen LogP contribution in [0.2, 0.25) is 0 Å². The van der Waals surface area contributed by atoms with E-state index in [1.54, 1.807) is 12.1 Å². The second-order valence-electron chi connectivity index (χ2n) is 6.97. The van der Waals surface area contributed by atoms with Gasteiger partial charge in [0.1, 0.15) is 12.3 Å². The maximum absolute atomic E-state index is 12.4. The van der Waals surface area contributed by atoms with Crippen molar-refractivity contribution in [3.05, 3.63) is 59.7 Å². The zero-order chi connectivity index (χ0) is 21.3. The van der Waals surface area contributed by atoms with Gasteiger partial charge >= 0.3 is 0 Å². The molecule has 0 aliphatic heterocycles. The smallest absolute Gasteiger partial charge is 0.240 e. The molecule has 2 aromatic rings. The van der Waals surface area contributed by atoms with Crippen LogP contribution in [0.1, 0.15) is 30.9 Å². The molecule has 0 aliphatic rings. The Morgan fingerprint density at radius 2 is 1.79 bits per heavy atom. The van der Waals surface area contributed by atoms with Gasteiger partial charge in [-0.15, -0.1) is 0 Å². The predicted octanol–water partition coefficient (Wildman–Crippen LogP) is 3.30. The molecule has 1 amide bonds. The molecule has 1 N–H and O–H groups in total. The third kappa shape index (κ3) is 7.09. The van der Waals surface area contributed by atoms with Crippen molar-refractivity contribution in [1.82, 2.24) is 5.32 Å². The number of ether oxygens (including phenoxy) is 1. The van der Waals surface area contributed by atoms with Crippen LogP contribution in [-0.4, -0.2) is 40.3 Å². The average Bonchev–Trinajstić information content (AvgIpc) is 2.68. The van der Waals surface area contributed by atoms with Crippen molar-refractivity contribution < 1.29 is 17.9 Å². The Morgan fingerprint density at radius 1 is 1.10 bits per heavy atom. The summed E-state index contributed by atoms with van der Waals surface area (Å²) < 4.78 is 31.3. The maximum Gasteiger partial charge on any atom is 0.240 e. The summed E-state index contributed by atoms with van der Waals surface area (Å²) in [5.41, 5.74) is 2.43. The van der Waals surface area contributed by atoms with E-state index in [9.17, 15) is 13.2 Å². The van der Waals surface area contributed by atoms with Gasteiger partial charge in [-0.1, -0.05) is 43.3 Å². The van der Waals surface area contributed by atoms with E-state index < -0.39 is 10.0 Å². The monoisotopic (exact) mass is 418 g/mol. The highest BCUT2D eigenvalue weighted by Gasteiger charge is 2.21. The van der Waals surface area contributed by atoms with Gasteiger partial charge in [0.25, 0.3) is 0 Å². The van der Waals surface area contributed by atoms with Crippen LogP contribution < -0.4 is 14.4 Å². The molecular weight excluding hydrogens is 388 g/mol. The van der Waals surface area contributed by atoms with Crippen molar-refractivity contribution in [3.8, 4) is 5.75 Å². The van der Waals surface area contributed by atoms with Crippen molar-refractivity contribution in [1.29, 1.82) is 0 Å². The van der Waals surface area contributed by atoms with Crippen LogP contribution in [0.4, 0.5) is 5.69 Å². The van der Waals surface area contributed by atoms with Crippen molar-refractivity contribution in [2.45, 2.75) is 33.1 Å². The molecule has 29 heavy (non-hydrogen) atoms. The van der Waals surface area contributed by atoms with E-state index in [4.69, 9.17) is 4.74 Å². The standard InChI is InChI=1S/C22H30N2O4S/c1-4-16-28-21-14-8-6-11-19(21)12-9-15-23-22(25)17-24(29(3,26)27)20-13-7-5-10-18(20)2/h5-8,10-11,13-14H,4,9,12,15-17H2,1-3H3,(H,23,25). The molecule has 2 rings (SSSR count). The highest BCUT2D eigenvalue weighted by molar-refractivity contribution is 7.92. The van der Waals surface area contributed by atoms with Crippen LogP contribution in [0.5, 0.6) is 5.75 Å². The number of rotatable bonds is 11. The van der Waals surface area contributed by atoms with Gasteiger partial charge in [0.2, 0.25) is 15.9 Å². The van der Waals surface area contributed by atoms with E-state index in [0.717, 1.165) is 46.7 Å². The summed E-state index contributed by atoms with van der Waals surface area (Å²) in [6.45, 7) is 4.79. The fourth-order valence-corrected chi connectivity index (χ4v) is 3.89. The summed E-state index contributed by atoms with van der Waals surface area (Å²) in [4.78, 5) is 12.4. The number of para-hydroxylation sites is 2. The molecule has 158 valence electrons. The maximum atomic E-state index is 12.4. The highest BCUT2D eigenvalue weighted by atomic mass is 32.2. The van der Waals surface area contributed by atoms with Crippen LogP contribution >= 0.6 is 0 Å². The summed E-state index contributed by atoms with van der Waals surface area (Å²) in [5.74, 6) is 0.553. The third-order valence-electron chi connectivity index (χ3n) is 4.45. The number of nitrogens with one attached hydrogen (secondary N) is 1. The first-order chi connectivity index (χ1) is 13.8. The second kappa shape index (κ2) is 10.9. The number of hydrogen-bond acceptors (Lipinski definition) is 4. The zero-order valence-electron chi connectivity index (χ0n) is 17.3. The number of sulfonamides is 1. The van der Waals surface area contributed by atoms with Gasteiger partial charge in [-0.05, 0) is 49.4 Å². The van der Waals surface area contributed by atoms with E-state index in [2.05, 4.69) is 12.2 Å². The van der Waals surface area contributed by atoms with Crippen LogP contribution in [-0.2, 0) is 21.2 Å². The first kappa shape index (κ1) is 22.7. The van der Waals surface area contributed by atoms with Crippen LogP contribution in [0.3, 0.4) is 0 Å². The molecule has 0 bridgehead atoms. The van der Waals surface area contributed by atoms with Crippen LogP contribution in [0.15, 0.2) is 48.5 Å². The number of nitrogens with zero attached hydrogens (tertiary/aromatic N) is 1. The predicted molar refractivity (Wildman–Crippen MR) is 117 cm³/mol. The molecule has 0 radical (unpaired) electrons. The van der Waals surface area contributed by atoms with Gasteiger partial charge in [-0.25, -0.2) is 8.42 Å². The Hall–Kier alpha value is -2.54. The molecule has 7 heteroatoms. The number of anilines is 1. The summed E-state index contributed by atoms with van der Waals surface area (Å²) >= 11 is 0. The zero-order valence-corrected chi connectivity index (χ0v) is 18.2. The quantitative estimate of drug-likeness (QED) is 0.568. The normalized spacial score (nSPS) is 11.1. The first-order valence-corrected chi connectivity index (χ1v) is 11.7. The lowest BCUT2D eigenvalue weighted by molar-refractivity contribution is -0.119. The minimum Gasteiger partial charge on any atom is -0.493 e. The summed E-state index contributed by atoms with van der Waals surface area (Å²) in [6.07, 6.45) is 3.57. The lowest BCUT2D eigenvalue weighted by Crippen LogP contribution is -2.41. The molecule has 0 heterocycles. The summed E-state index contributed by atoms with van der Waals surface area (Å²) in [6, 6.07) is 15.0. The average molecular weight is 419 g/mol. The highest BCUT2D eigenvalue weighted by Crippen LogP contribution is 2.22.